The average Bonchev–Trinajstić information content (AvgIpc) is 2.83. The van der Waals surface area contributed by atoms with E-state index < -0.39 is 69.6 Å². The van der Waals surface area contributed by atoms with Gasteiger partial charge in [0.2, 0.25) is 5.78 Å². The second kappa shape index (κ2) is 9.79. The monoisotopic (exact) mass is 531 g/mol. The molecule has 0 saturated heterocycles. The van der Waals surface area contributed by atoms with Crippen LogP contribution in [0.1, 0.15) is 48.2 Å². The molecule has 0 bridgehead atoms. The van der Waals surface area contributed by atoms with Crippen LogP contribution in [0.2, 0.25) is 0 Å². The third-order valence-electron chi connectivity index (χ3n) is 8.11. The first-order valence-electron chi connectivity index (χ1n) is 12.7. The van der Waals surface area contributed by atoms with Crippen molar-refractivity contribution >= 4 is 17.5 Å². The molecule has 0 aliphatic heterocycles. The van der Waals surface area contributed by atoms with Crippen LogP contribution in [0, 0.1) is 17.7 Å². The van der Waals surface area contributed by atoms with E-state index in [0.717, 1.165) is 13.0 Å². The van der Waals surface area contributed by atoms with E-state index in [2.05, 4.69) is 0 Å². The molecule has 206 valence electrons. The van der Waals surface area contributed by atoms with Gasteiger partial charge in [-0.1, -0.05) is 13.8 Å². The lowest BCUT2D eigenvalue weighted by molar-refractivity contribution is -0.148. The van der Waals surface area contributed by atoms with Crippen molar-refractivity contribution in [2.75, 3.05) is 27.2 Å². The Labute approximate surface area is 219 Å². The normalized spacial score (nSPS) is 27.1. The molecule has 0 unspecified atom stereocenters. The number of likely N-dealkylation sites (N-methyl/N-ethyl adjacent to an activating group) is 1. The standard InChI is InChI=1S/C27H34FN3O7/c1-5-7-31(6-2)11-13-10-16(32)18-14(20(13)28)8-12-9-15-21(30(3)4)23(34)19(26(29)37)25(36)27(15,38)24(35)17(12)22(18)33/h10,12,15,21,32,34-35,38H,5-9,11H2,1-4H3,(H2,29,37)/t12-,15-,21-,27-/m0/s1. The van der Waals surface area contributed by atoms with Gasteiger partial charge < -0.3 is 26.2 Å². The van der Waals surface area contributed by atoms with Crippen LogP contribution in [0.15, 0.2) is 28.7 Å². The number of phenols is 1. The van der Waals surface area contributed by atoms with E-state index >= 15 is 4.39 Å². The number of carbonyl (C=O) groups excluding carboxylic acids is 3. The van der Waals surface area contributed by atoms with Gasteiger partial charge in [0.05, 0.1) is 11.6 Å². The first-order valence-corrected chi connectivity index (χ1v) is 12.7. The number of allylic oxidation sites excluding steroid dienone is 1. The van der Waals surface area contributed by atoms with Gasteiger partial charge in [0, 0.05) is 29.2 Å². The molecule has 0 radical (unpaired) electrons. The number of nitrogens with two attached hydrogens (primary N) is 1. The topological polar surface area (TPSA) is 165 Å². The zero-order valence-corrected chi connectivity index (χ0v) is 21.9. The van der Waals surface area contributed by atoms with E-state index in [4.69, 9.17) is 5.73 Å². The Bertz CT molecular complexity index is 1290. The first-order chi connectivity index (χ1) is 17.8. The lowest BCUT2D eigenvalue weighted by atomic mass is 9.58. The predicted octanol–water partition coefficient (Wildman–Crippen LogP) is 1.49. The highest BCUT2D eigenvalue weighted by Crippen LogP contribution is 2.52. The molecule has 3 aliphatic carbocycles. The van der Waals surface area contributed by atoms with Gasteiger partial charge in [0.1, 0.15) is 28.7 Å². The number of aliphatic hydroxyl groups is 3. The molecule has 6 N–H and O–H groups in total. The van der Waals surface area contributed by atoms with E-state index in [9.17, 15) is 34.8 Å². The van der Waals surface area contributed by atoms with Crippen molar-refractivity contribution in [3.05, 3.63) is 51.2 Å². The number of Topliss-reactive ketones (excluding diaryl/α,β-unsaturated/α-hetero) is 2. The number of aromatic hydroxyl groups is 1. The molecule has 38 heavy (non-hydrogen) atoms. The van der Waals surface area contributed by atoms with Crippen LogP contribution in [0.25, 0.3) is 0 Å². The molecule has 0 spiro atoms. The van der Waals surface area contributed by atoms with Crippen molar-refractivity contribution < 1.29 is 39.2 Å². The molecular weight excluding hydrogens is 497 g/mol. The van der Waals surface area contributed by atoms with Crippen LogP contribution in [-0.2, 0) is 22.6 Å². The third-order valence-corrected chi connectivity index (χ3v) is 8.11. The minimum atomic E-state index is -2.72. The number of fused-ring (bicyclic) bond motifs is 3. The summed E-state index contributed by atoms with van der Waals surface area (Å²) in [5.74, 6) is -8.18. The second-order valence-corrected chi connectivity index (χ2v) is 10.6. The van der Waals surface area contributed by atoms with E-state index in [-0.39, 0.29) is 41.6 Å². The van der Waals surface area contributed by atoms with E-state index in [1.165, 1.54) is 11.0 Å². The van der Waals surface area contributed by atoms with Crippen molar-refractivity contribution in [1.29, 1.82) is 0 Å². The Kier molecular flexibility index (Phi) is 7.15. The molecule has 4 rings (SSSR count). The van der Waals surface area contributed by atoms with Gasteiger partial charge in [-0.05, 0) is 58.4 Å². The summed E-state index contributed by atoms with van der Waals surface area (Å²) >= 11 is 0. The maximum atomic E-state index is 15.8. The molecule has 0 aromatic heterocycles. The summed E-state index contributed by atoms with van der Waals surface area (Å²) in [6.07, 6.45) is 0.685. The van der Waals surface area contributed by atoms with Gasteiger partial charge >= 0.3 is 0 Å². The van der Waals surface area contributed by atoms with Crippen molar-refractivity contribution in [2.24, 2.45) is 17.6 Å². The molecular formula is C27H34FN3O7. The second-order valence-electron chi connectivity index (χ2n) is 10.6. The number of hydrogen-bond donors (Lipinski definition) is 5. The van der Waals surface area contributed by atoms with Crippen molar-refractivity contribution in [1.82, 2.24) is 9.80 Å². The molecule has 0 saturated carbocycles. The lowest BCUT2D eigenvalue weighted by Gasteiger charge is -2.50. The molecule has 1 amide bonds. The Morgan fingerprint density at radius 3 is 2.42 bits per heavy atom. The number of carbonyl (C=O) groups is 3. The minimum absolute atomic E-state index is 0.00525. The summed E-state index contributed by atoms with van der Waals surface area (Å²) in [6, 6.07) is 0.0970. The molecule has 11 heteroatoms. The number of phenolic OH excluding ortho intramolecular Hbond substituents is 1. The Balaban J connectivity index is 1.87. The fourth-order valence-electron chi connectivity index (χ4n) is 6.37. The number of amides is 1. The number of aliphatic hydroxyl groups excluding tert-OH is 2. The number of ketones is 2. The molecule has 0 fully saturated rings. The number of primary amides is 1. The largest absolute Gasteiger partial charge is 0.510 e. The number of benzene rings is 1. The maximum Gasteiger partial charge on any atom is 0.255 e. The summed E-state index contributed by atoms with van der Waals surface area (Å²) in [4.78, 5) is 42.4. The molecule has 4 atom stereocenters. The summed E-state index contributed by atoms with van der Waals surface area (Å²) in [6.45, 7) is 5.57. The quantitative estimate of drug-likeness (QED) is 0.328. The molecule has 10 nitrogen and oxygen atoms in total. The molecule has 1 aromatic rings. The number of halogens is 1. The van der Waals surface area contributed by atoms with Crippen molar-refractivity contribution in [3.8, 4) is 5.75 Å². The van der Waals surface area contributed by atoms with E-state index in [1.807, 2.05) is 18.7 Å². The van der Waals surface area contributed by atoms with Crippen LogP contribution in [0.4, 0.5) is 4.39 Å². The van der Waals surface area contributed by atoms with Crippen LogP contribution in [0.3, 0.4) is 0 Å². The molecule has 0 heterocycles. The van der Waals surface area contributed by atoms with E-state index in [0.29, 0.717) is 6.54 Å². The highest BCUT2D eigenvalue weighted by Gasteiger charge is 2.63. The highest BCUT2D eigenvalue weighted by molar-refractivity contribution is 6.24. The zero-order valence-electron chi connectivity index (χ0n) is 21.9. The van der Waals surface area contributed by atoms with Crippen LogP contribution in [0.5, 0.6) is 5.75 Å². The minimum Gasteiger partial charge on any atom is -0.510 e. The van der Waals surface area contributed by atoms with Crippen LogP contribution >= 0.6 is 0 Å². The summed E-state index contributed by atoms with van der Waals surface area (Å²) in [7, 11) is 3.10. The number of hydrogen-bond acceptors (Lipinski definition) is 9. The van der Waals surface area contributed by atoms with Crippen molar-refractivity contribution in [2.45, 2.75) is 51.3 Å². The molecule has 1 aromatic carbocycles. The van der Waals surface area contributed by atoms with Gasteiger partial charge in [-0.3, -0.25) is 24.2 Å². The number of rotatable bonds is 7. The Morgan fingerprint density at radius 2 is 1.87 bits per heavy atom. The van der Waals surface area contributed by atoms with Gasteiger partial charge in [0.25, 0.3) is 5.91 Å². The molecule has 3 aliphatic rings. The van der Waals surface area contributed by atoms with E-state index in [1.54, 1.807) is 14.1 Å². The summed E-state index contributed by atoms with van der Waals surface area (Å²) in [5, 5.41) is 44.5. The lowest BCUT2D eigenvalue weighted by Crippen LogP contribution is -2.63. The van der Waals surface area contributed by atoms with Crippen LogP contribution < -0.4 is 5.73 Å². The van der Waals surface area contributed by atoms with Crippen LogP contribution in [-0.4, -0.2) is 86.5 Å². The summed E-state index contributed by atoms with van der Waals surface area (Å²) in [5.41, 5.74) is 1.33. The van der Waals surface area contributed by atoms with Gasteiger partial charge in [0.15, 0.2) is 11.4 Å². The Hall–Kier alpha value is -3.28. The third kappa shape index (κ3) is 3.91. The maximum absolute atomic E-state index is 15.8. The fourth-order valence-corrected chi connectivity index (χ4v) is 6.37. The SMILES string of the molecule is CCCN(CC)Cc1cc(O)c2c(c1F)C[C@H]1C[C@H]3[C@H](N(C)C)C(O)=C(C(N)=O)C(=O)[C@@]3(O)C(O)=C1C2=O. The fraction of sp³-hybridized carbons (Fsp3) is 0.519. The number of nitrogens with zero attached hydrogens (tertiary/aromatic N) is 2. The Morgan fingerprint density at radius 1 is 1.21 bits per heavy atom. The highest BCUT2D eigenvalue weighted by atomic mass is 19.1. The average molecular weight is 532 g/mol. The van der Waals surface area contributed by atoms with Gasteiger partial charge in [-0.15, -0.1) is 0 Å². The zero-order chi connectivity index (χ0) is 28.3. The predicted molar refractivity (Wildman–Crippen MR) is 135 cm³/mol. The summed E-state index contributed by atoms with van der Waals surface area (Å²) < 4.78 is 15.8. The van der Waals surface area contributed by atoms with Gasteiger partial charge in [-0.25, -0.2) is 4.39 Å². The van der Waals surface area contributed by atoms with Gasteiger partial charge in [-0.2, -0.15) is 0 Å². The van der Waals surface area contributed by atoms with Crippen molar-refractivity contribution in [3.63, 3.8) is 0 Å². The first kappa shape index (κ1) is 27.7. The smallest absolute Gasteiger partial charge is 0.255 e.